The predicted molar refractivity (Wildman–Crippen MR) is 148 cm³/mol. The zero-order chi connectivity index (χ0) is 29.7. The van der Waals surface area contributed by atoms with Gasteiger partial charge in [0.25, 0.3) is 15.9 Å². The molecule has 0 saturated carbocycles. The molecule has 0 bridgehead atoms. The van der Waals surface area contributed by atoms with Gasteiger partial charge in [0, 0.05) is 24.5 Å². The van der Waals surface area contributed by atoms with E-state index in [1.165, 1.54) is 20.4 Å². The number of carbonyl (C=O) groups excluding carboxylic acids is 1. The fraction of sp³-hybridized carbons (Fsp3) is 0.222. The van der Waals surface area contributed by atoms with Crippen molar-refractivity contribution in [2.24, 2.45) is 0 Å². The minimum Gasteiger partial charge on any atom is -0.497 e. The van der Waals surface area contributed by atoms with Gasteiger partial charge in [-0.2, -0.15) is 5.10 Å². The van der Waals surface area contributed by atoms with Crippen LogP contribution in [-0.4, -0.2) is 50.4 Å². The van der Waals surface area contributed by atoms with Gasteiger partial charge in [-0.3, -0.25) is 14.2 Å². The van der Waals surface area contributed by atoms with E-state index in [9.17, 15) is 17.6 Å². The lowest BCUT2D eigenvalue weighted by atomic mass is 10.1. The summed E-state index contributed by atoms with van der Waals surface area (Å²) in [6.45, 7) is 0.288. The first kappa shape index (κ1) is 29.7. The Labute approximate surface area is 240 Å². The number of nitrogens with zero attached hydrogens (tertiary/aromatic N) is 3. The molecule has 2 aromatic heterocycles. The summed E-state index contributed by atoms with van der Waals surface area (Å²) in [7, 11) is -0.158. The minimum absolute atomic E-state index is 0.0221. The van der Waals surface area contributed by atoms with Gasteiger partial charge in [-0.25, -0.2) is 22.2 Å². The topological polar surface area (TPSA) is 124 Å². The van der Waals surface area contributed by atoms with Crippen molar-refractivity contribution in [3.63, 3.8) is 0 Å². The van der Waals surface area contributed by atoms with E-state index in [1.54, 1.807) is 30.0 Å². The molecule has 0 atom stereocenters. The molecule has 2 heterocycles. The van der Waals surface area contributed by atoms with Crippen LogP contribution in [0.2, 0.25) is 5.02 Å². The van der Waals surface area contributed by atoms with Crippen molar-refractivity contribution in [1.29, 1.82) is 0 Å². The molecular formula is C27H26ClF2N5O5S. The number of aromatic nitrogens is 3. The molecule has 0 unspecified atom stereocenters. The summed E-state index contributed by atoms with van der Waals surface area (Å²) in [4.78, 5) is 15.7. The largest absolute Gasteiger partial charge is 0.497 e. The maximum absolute atomic E-state index is 15.5. The number of methoxy groups -OCH3 is 2. The average Bonchev–Trinajstić information content (AvgIpc) is 3.36. The summed E-state index contributed by atoms with van der Waals surface area (Å²) in [6, 6.07) is 11.8. The van der Waals surface area contributed by atoms with E-state index >= 15 is 4.39 Å². The van der Waals surface area contributed by atoms with E-state index in [4.69, 9.17) is 21.1 Å². The standard InChI is InChI=1S/C27H26ClF2N5O5S/c1-31-26(36)23-13-18(35(33-23)15-16-4-7-19(39-2)8-5-16)6-9-20-21(29)10-11-22(25(20)30)34-41(37,38)24-12-17(28)14-32-27(24)40-3/h4-5,7-8,10-14,34H,6,9,15H2,1-3H3,(H,31,36). The molecule has 0 radical (unpaired) electrons. The number of rotatable bonds is 11. The lowest BCUT2D eigenvalue weighted by Crippen LogP contribution is -2.18. The molecular weight excluding hydrogens is 580 g/mol. The minimum atomic E-state index is -4.41. The molecule has 0 fully saturated rings. The second-order valence-corrected chi connectivity index (χ2v) is 10.8. The third-order valence-electron chi connectivity index (χ3n) is 6.14. The second kappa shape index (κ2) is 12.5. The number of anilines is 1. The molecule has 14 heteroatoms. The Kier molecular flexibility index (Phi) is 9.08. The summed E-state index contributed by atoms with van der Waals surface area (Å²) in [5.41, 5.74) is 0.723. The monoisotopic (exact) mass is 605 g/mol. The Morgan fingerprint density at radius 1 is 1.05 bits per heavy atom. The molecule has 0 saturated heterocycles. The molecule has 0 aliphatic rings. The first-order valence-electron chi connectivity index (χ1n) is 12.2. The Bertz CT molecular complexity index is 1680. The van der Waals surface area contributed by atoms with Crippen LogP contribution in [0.4, 0.5) is 14.5 Å². The number of hydrogen-bond acceptors (Lipinski definition) is 7. The molecule has 216 valence electrons. The second-order valence-electron chi connectivity index (χ2n) is 8.76. The van der Waals surface area contributed by atoms with Crippen molar-refractivity contribution >= 4 is 33.2 Å². The highest BCUT2D eigenvalue weighted by Crippen LogP contribution is 2.29. The van der Waals surface area contributed by atoms with Crippen LogP contribution in [0.15, 0.2) is 59.6 Å². The maximum atomic E-state index is 15.5. The normalized spacial score (nSPS) is 11.3. The number of pyridine rings is 1. The number of nitrogens with one attached hydrogen (secondary N) is 2. The number of amides is 1. The van der Waals surface area contributed by atoms with Crippen molar-refractivity contribution in [3.8, 4) is 11.6 Å². The first-order valence-corrected chi connectivity index (χ1v) is 14.0. The number of sulfonamides is 1. The smallest absolute Gasteiger partial charge is 0.271 e. The zero-order valence-electron chi connectivity index (χ0n) is 22.2. The van der Waals surface area contributed by atoms with E-state index in [0.717, 1.165) is 23.8 Å². The molecule has 41 heavy (non-hydrogen) atoms. The van der Waals surface area contributed by atoms with Gasteiger partial charge in [-0.1, -0.05) is 23.7 Å². The van der Waals surface area contributed by atoms with Gasteiger partial charge in [-0.05, 0) is 54.8 Å². The Morgan fingerprint density at radius 3 is 2.44 bits per heavy atom. The van der Waals surface area contributed by atoms with Crippen molar-refractivity contribution in [2.45, 2.75) is 24.3 Å². The van der Waals surface area contributed by atoms with Gasteiger partial charge in [0.15, 0.2) is 10.7 Å². The molecule has 2 N–H and O–H groups in total. The van der Waals surface area contributed by atoms with E-state index < -0.39 is 38.1 Å². The lowest BCUT2D eigenvalue weighted by Gasteiger charge is -2.14. The van der Waals surface area contributed by atoms with Crippen molar-refractivity contribution in [3.05, 3.63) is 93.9 Å². The summed E-state index contributed by atoms with van der Waals surface area (Å²) in [5, 5.41) is 6.90. The van der Waals surface area contributed by atoms with Crippen LogP contribution in [-0.2, 0) is 29.4 Å². The molecule has 4 aromatic rings. The molecule has 10 nitrogen and oxygen atoms in total. The zero-order valence-corrected chi connectivity index (χ0v) is 23.8. The summed E-state index contributed by atoms with van der Waals surface area (Å²) >= 11 is 5.90. The van der Waals surface area contributed by atoms with Crippen LogP contribution >= 0.6 is 11.6 Å². The predicted octanol–water partition coefficient (Wildman–Crippen LogP) is 4.22. The fourth-order valence-corrected chi connectivity index (χ4v) is 5.48. The van der Waals surface area contributed by atoms with Crippen molar-refractivity contribution in [1.82, 2.24) is 20.1 Å². The van der Waals surface area contributed by atoms with Crippen LogP contribution in [0.1, 0.15) is 27.3 Å². The average molecular weight is 606 g/mol. The quantitative estimate of drug-likeness (QED) is 0.262. The van der Waals surface area contributed by atoms with E-state index in [0.29, 0.717) is 11.4 Å². The van der Waals surface area contributed by atoms with E-state index in [2.05, 4.69) is 20.1 Å². The molecule has 4 rings (SSSR count). The Morgan fingerprint density at radius 2 is 1.78 bits per heavy atom. The summed E-state index contributed by atoms with van der Waals surface area (Å²) < 4.78 is 70.2. The molecule has 2 aromatic carbocycles. The van der Waals surface area contributed by atoms with Gasteiger partial charge in [0.1, 0.15) is 17.3 Å². The number of halogens is 3. The number of ether oxygens (including phenoxy) is 2. The van der Waals surface area contributed by atoms with Crippen LogP contribution in [0.25, 0.3) is 0 Å². The Balaban J connectivity index is 1.61. The van der Waals surface area contributed by atoms with Gasteiger partial charge >= 0.3 is 0 Å². The van der Waals surface area contributed by atoms with Crippen molar-refractivity contribution in [2.75, 3.05) is 26.0 Å². The van der Waals surface area contributed by atoms with Crippen LogP contribution in [0.3, 0.4) is 0 Å². The molecule has 1 amide bonds. The highest BCUT2D eigenvalue weighted by atomic mass is 35.5. The third kappa shape index (κ3) is 6.74. The van der Waals surface area contributed by atoms with Crippen LogP contribution in [0, 0.1) is 11.6 Å². The van der Waals surface area contributed by atoms with Crippen LogP contribution < -0.4 is 19.5 Å². The number of benzene rings is 2. The SMILES string of the molecule is CNC(=O)c1cc(CCc2c(F)ccc(NS(=O)(=O)c3cc(Cl)cnc3OC)c2F)n(Cc2ccc(OC)cc2)n1. The van der Waals surface area contributed by atoms with E-state index in [-0.39, 0.29) is 41.5 Å². The maximum Gasteiger partial charge on any atom is 0.271 e. The van der Waals surface area contributed by atoms with Gasteiger partial charge in [0.05, 0.1) is 31.5 Å². The van der Waals surface area contributed by atoms with Gasteiger partial charge < -0.3 is 14.8 Å². The van der Waals surface area contributed by atoms with Gasteiger partial charge in [0.2, 0.25) is 5.88 Å². The van der Waals surface area contributed by atoms with Gasteiger partial charge in [-0.15, -0.1) is 0 Å². The highest BCUT2D eigenvalue weighted by Gasteiger charge is 2.25. The first-order chi connectivity index (χ1) is 19.6. The number of aryl methyl sites for hydroxylation is 1. The van der Waals surface area contributed by atoms with E-state index in [1.807, 2.05) is 12.1 Å². The van der Waals surface area contributed by atoms with Crippen LogP contribution in [0.5, 0.6) is 11.6 Å². The van der Waals surface area contributed by atoms with Crippen molar-refractivity contribution < 1.29 is 31.5 Å². The third-order valence-corrected chi connectivity index (χ3v) is 7.71. The summed E-state index contributed by atoms with van der Waals surface area (Å²) in [6.07, 6.45) is 1.14. The summed E-state index contributed by atoms with van der Waals surface area (Å²) in [5.74, 6) is -1.94. The number of carbonyl (C=O) groups is 1. The Hall–Kier alpha value is -4.23. The number of hydrogen-bond donors (Lipinski definition) is 2. The molecule has 0 spiro atoms. The highest BCUT2D eigenvalue weighted by molar-refractivity contribution is 7.92. The molecule has 0 aliphatic heterocycles. The fourth-order valence-electron chi connectivity index (χ4n) is 4.05. The molecule has 0 aliphatic carbocycles. The lowest BCUT2D eigenvalue weighted by molar-refractivity contribution is 0.0957.